The van der Waals surface area contributed by atoms with Gasteiger partial charge in [-0.25, -0.2) is 14.6 Å². The molecule has 0 fully saturated rings. The number of rotatable bonds is 7. The molecular weight excluding hydrogens is 490 g/mol. The van der Waals surface area contributed by atoms with E-state index in [0.29, 0.717) is 21.7 Å². The van der Waals surface area contributed by atoms with Gasteiger partial charge in [-0.2, -0.15) is 0 Å². The Hall–Kier alpha value is -3.05. The van der Waals surface area contributed by atoms with Crippen molar-refractivity contribution in [1.29, 1.82) is 0 Å². The topological polar surface area (TPSA) is 117 Å². The molecule has 0 radical (unpaired) electrons. The average Bonchev–Trinajstić information content (AvgIpc) is 3.33. The smallest absolute Gasteiger partial charge is 0.348 e. The largest absolute Gasteiger partial charge is 0.462 e. The summed E-state index contributed by atoms with van der Waals surface area (Å²) < 4.78 is 11.5. The lowest BCUT2D eigenvalue weighted by Crippen LogP contribution is -2.28. The molecule has 0 saturated heterocycles. The molecule has 1 aliphatic carbocycles. The van der Waals surface area contributed by atoms with Gasteiger partial charge in [-0.15, -0.1) is 22.7 Å². The van der Waals surface area contributed by atoms with Crippen LogP contribution in [-0.4, -0.2) is 40.6 Å². The zero-order chi connectivity index (χ0) is 25.3. The van der Waals surface area contributed by atoms with Crippen molar-refractivity contribution in [3.8, 4) is 0 Å². The van der Waals surface area contributed by atoms with E-state index >= 15 is 0 Å². The van der Waals surface area contributed by atoms with E-state index in [1.54, 1.807) is 32.1 Å². The number of ether oxygens (including phenoxy) is 2. The van der Waals surface area contributed by atoms with Gasteiger partial charge in [-0.05, 0) is 57.1 Å². The van der Waals surface area contributed by atoms with Crippen molar-refractivity contribution >= 4 is 55.7 Å². The zero-order valence-corrected chi connectivity index (χ0v) is 21.7. The van der Waals surface area contributed by atoms with E-state index < -0.39 is 17.8 Å². The highest BCUT2D eigenvalue weighted by atomic mass is 32.1. The fourth-order valence-electron chi connectivity index (χ4n) is 4.24. The summed E-state index contributed by atoms with van der Waals surface area (Å²) in [6.45, 7) is 7.20. The zero-order valence-electron chi connectivity index (χ0n) is 20.1. The number of hydrogen-bond acceptors (Lipinski definition) is 9. The molecule has 3 aromatic rings. The van der Waals surface area contributed by atoms with Crippen molar-refractivity contribution in [3.05, 3.63) is 43.1 Å². The molecule has 1 N–H and O–H groups in total. The predicted molar refractivity (Wildman–Crippen MR) is 135 cm³/mol. The summed E-state index contributed by atoms with van der Waals surface area (Å²) in [7, 11) is 0. The third kappa shape index (κ3) is 4.87. The summed E-state index contributed by atoms with van der Waals surface area (Å²) in [5.74, 6) is -1.17. The van der Waals surface area contributed by atoms with Gasteiger partial charge in [0.05, 0.1) is 30.5 Å². The second kappa shape index (κ2) is 10.3. The SMILES string of the molecule is CCOC(=O)c1sc(NC(=O)Cn2cnc3sc4c(c3c2=O)CCC(C)C4)c(C(=O)OCC)c1C. The number of esters is 2. The monoisotopic (exact) mass is 517 g/mol. The van der Waals surface area contributed by atoms with E-state index in [0.717, 1.165) is 36.2 Å². The molecule has 1 unspecified atom stereocenters. The van der Waals surface area contributed by atoms with Gasteiger partial charge in [0.25, 0.3) is 5.56 Å². The Labute approximate surface area is 210 Å². The molecule has 4 rings (SSSR count). The lowest BCUT2D eigenvalue weighted by molar-refractivity contribution is -0.116. The molecule has 3 aromatic heterocycles. The van der Waals surface area contributed by atoms with E-state index in [-0.39, 0.29) is 40.8 Å². The Kier molecular flexibility index (Phi) is 7.36. The summed E-state index contributed by atoms with van der Waals surface area (Å²) in [6, 6.07) is 0. The summed E-state index contributed by atoms with van der Waals surface area (Å²) >= 11 is 2.50. The van der Waals surface area contributed by atoms with E-state index in [4.69, 9.17) is 9.47 Å². The Morgan fingerprint density at radius 1 is 1.17 bits per heavy atom. The number of anilines is 1. The van der Waals surface area contributed by atoms with Crippen LogP contribution in [0.15, 0.2) is 11.1 Å². The molecule has 0 bridgehead atoms. The first-order chi connectivity index (χ1) is 16.7. The highest BCUT2D eigenvalue weighted by Crippen LogP contribution is 2.36. The number of aryl methyl sites for hydroxylation is 1. The van der Waals surface area contributed by atoms with Gasteiger partial charge in [0.2, 0.25) is 5.91 Å². The maximum Gasteiger partial charge on any atom is 0.348 e. The van der Waals surface area contributed by atoms with Gasteiger partial charge < -0.3 is 14.8 Å². The van der Waals surface area contributed by atoms with E-state index in [1.807, 2.05) is 0 Å². The molecule has 0 aliphatic heterocycles. The Morgan fingerprint density at radius 3 is 2.60 bits per heavy atom. The minimum atomic E-state index is -0.647. The quantitative estimate of drug-likeness (QED) is 0.472. The molecule has 0 spiro atoms. The number of aromatic nitrogens is 2. The van der Waals surface area contributed by atoms with Crippen LogP contribution in [0.25, 0.3) is 10.2 Å². The van der Waals surface area contributed by atoms with Gasteiger partial charge in [0.15, 0.2) is 0 Å². The van der Waals surface area contributed by atoms with Crippen molar-refractivity contribution in [2.45, 2.75) is 53.5 Å². The van der Waals surface area contributed by atoms with Gasteiger partial charge in [0.1, 0.15) is 21.3 Å². The highest BCUT2D eigenvalue weighted by molar-refractivity contribution is 7.19. The van der Waals surface area contributed by atoms with Crippen LogP contribution in [0, 0.1) is 12.8 Å². The minimum Gasteiger partial charge on any atom is -0.462 e. The number of hydrogen-bond donors (Lipinski definition) is 1. The molecule has 3 heterocycles. The molecular formula is C24H27N3O6S2. The second-order valence-electron chi connectivity index (χ2n) is 8.46. The molecule has 0 aromatic carbocycles. The van der Waals surface area contributed by atoms with Crippen LogP contribution in [0.3, 0.4) is 0 Å². The highest BCUT2D eigenvalue weighted by Gasteiger charge is 2.28. The molecule has 1 aliphatic rings. The van der Waals surface area contributed by atoms with Gasteiger partial charge in [-0.1, -0.05) is 6.92 Å². The molecule has 35 heavy (non-hydrogen) atoms. The van der Waals surface area contributed by atoms with Gasteiger partial charge in [0, 0.05) is 4.88 Å². The fourth-order valence-corrected chi connectivity index (χ4v) is 6.69. The summed E-state index contributed by atoms with van der Waals surface area (Å²) in [5, 5.41) is 3.45. The minimum absolute atomic E-state index is 0.107. The summed E-state index contributed by atoms with van der Waals surface area (Å²) in [4.78, 5) is 57.6. The third-order valence-electron chi connectivity index (χ3n) is 5.94. The maximum atomic E-state index is 13.2. The lowest BCUT2D eigenvalue weighted by Gasteiger charge is -2.17. The Morgan fingerprint density at radius 2 is 1.89 bits per heavy atom. The fraction of sp³-hybridized carbons (Fsp3) is 0.458. The normalized spacial score (nSPS) is 15.0. The number of thiophene rings is 2. The second-order valence-corrected chi connectivity index (χ2v) is 10.6. The summed E-state index contributed by atoms with van der Waals surface area (Å²) in [6.07, 6.45) is 4.17. The van der Waals surface area contributed by atoms with Crippen LogP contribution in [0.4, 0.5) is 5.00 Å². The molecule has 11 heteroatoms. The standard InChI is InChI=1S/C24H27N3O6S2/c1-5-32-23(30)17-13(4)19(24(31)33-6-2)35-21(17)26-16(28)10-27-11-25-20-18(22(27)29)14-8-7-12(3)9-15(14)34-20/h11-12H,5-10H2,1-4H3,(H,26,28). The van der Waals surface area contributed by atoms with Crippen molar-refractivity contribution < 1.29 is 23.9 Å². The molecule has 1 atom stereocenters. The lowest BCUT2D eigenvalue weighted by atomic mass is 9.89. The average molecular weight is 518 g/mol. The number of nitrogens with one attached hydrogen (secondary N) is 1. The first kappa shape index (κ1) is 25.1. The van der Waals surface area contributed by atoms with Crippen LogP contribution in [-0.2, 0) is 33.7 Å². The van der Waals surface area contributed by atoms with Crippen LogP contribution in [0.1, 0.15) is 63.2 Å². The first-order valence-electron chi connectivity index (χ1n) is 11.5. The van der Waals surface area contributed by atoms with Gasteiger partial charge >= 0.3 is 11.9 Å². The predicted octanol–water partition coefficient (Wildman–Crippen LogP) is 3.94. The van der Waals surface area contributed by atoms with Crippen molar-refractivity contribution in [2.24, 2.45) is 5.92 Å². The van der Waals surface area contributed by atoms with Gasteiger partial charge in [-0.3, -0.25) is 14.2 Å². The first-order valence-corrected chi connectivity index (χ1v) is 13.2. The van der Waals surface area contributed by atoms with Crippen molar-refractivity contribution in [2.75, 3.05) is 18.5 Å². The number of carbonyl (C=O) groups excluding carboxylic acids is 3. The number of fused-ring (bicyclic) bond motifs is 3. The van der Waals surface area contributed by atoms with Crippen LogP contribution < -0.4 is 10.9 Å². The van der Waals surface area contributed by atoms with E-state index in [9.17, 15) is 19.2 Å². The Balaban J connectivity index is 1.62. The maximum absolute atomic E-state index is 13.2. The number of carbonyl (C=O) groups is 3. The van der Waals surface area contributed by atoms with E-state index in [1.165, 1.54) is 15.8 Å². The molecule has 1 amide bonds. The number of nitrogens with zero attached hydrogens (tertiary/aromatic N) is 2. The number of amides is 1. The van der Waals surface area contributed by atoms with Crippen molar-refractivity contribution in [1.82, 2.24) is 9.55 Å². The van der Waals surface area contributed by atoms with E-state index in [2.05, 4.69) is 17.2 Å². The molecule has 9 nitrogen and oxygen atoms in total. The summed E-state index contributed by atoms with van der Waals surface area (Å²) in [5.41, 5.74) is 1.28. The Bertz CT molecular complexity index is 1370. The molecule has 0 saturated carbocycles. The molecule has 186 valence electrons. The van der Waals surface area contributed by atoms with Crippen LogP contribution in [0.2, 0.25) is 0 Å². The third-order valence-corrected chi connectivity index (χ3v) is 8.29. The van der Waals surface area contributed by atoms with Crippen LogP contribution in [0.5, 0.6) is 0 Å². The van der Waals surface area contributed by atoms with Crippen LogP contribution >= 0.6 is 22.7 Å². The van der Waals surface area contributed by atoms with Crippen molar-refractivity contribution in [3.63, 3.8) is 0 Å².